The number of aryl methyl sites for hydroxylation is 2. The highest BCUT2D eigenvalue weighted by Crippen LogP contribution is 2.16. The van der Waals surface area contributed by atoms with Crippen LogP contribution in [-0.4, -0.2) is 4.57 Å². The molecule has 0 saturated carbocycles. The van der Waals surface area contributed by atoms with Gasteiger partial charge in [-0.05, 0) is 22.0 Å². The number of nitrogens with zero attached hydrogens (tertiary/aromatic N) is 2. The predicted molar refractivity (Wildman–Crippen MR) is 48.6 cm³/mol. The summed E-state index contributed by atoms with van der Waals surface area (Å²) < 4.78 is 4.29. The Labute approximate surface area is 69.5 Å². The maximum atomic E-state index is 2.39. The van der Waals surface area contributed by atoms with Gasteiger partial charge < -0.3 is 0 Å². The zero-order valence-electron chi connectivity index (χ0n) is 5.43. The smallest absolute Gasteiger partial charge is 0.233 e. The van der Waals surface area contributed by atoms with Crippen molar-refractivity contribution in [3.8, 4) is 0 Å². The monoisotopic (exact) mass is 255 g/mol. The van der Waals surface area contributed by atoms with Crippen LogP contribution in [-0.2, 0) is 14.1 Å². The molecule has 2 nitrogen and oxygen atoms in total. The Kier molecular flexibility index (Phi) is 2.47. The van der Waals surface area contributed by atoms with Crippen LogP contribution >= 0.6 is 28.3 Å². The molecule has 1 unspecified atom stereocenters. The van der Waals surface area contributed by atoms with E-state index in [0.29, 0.717) is 0 Å². The second-order valence-electron chi connectivity index (χ2n) is 1.94. The Morgan fingerprint density at radius 2 is 2.44 bits per heavy atom. The number of halogens is 1. The maximum Gasteiger partial charge on any atom is 0.283 e. The molecular formula is C5H9IN2P+. The fraction of sp³-hybridized carbons (Fsp3) is 0.400. The minimum Gasteiger partial charge on any atom is -0.233 e. The summed E-state index contributed by atoms with van der Waals surface area (Å²) in [5, 5.41) is 0. The average molecular weight is 255 g/mol. The first kappa shape index (κ1) is 7.48. The van der Waals surface area contributed by atoms with Gasteiger partial charge in [-0.15, -0.1) is 0 Å². The van der Waals surface area contributed by atoms with E-state index >= 15 is 0 Å². The van der Waals surface area contributed by atoms with Crippen LogP contribution in [0.1, 0.15) is 0 Å². The SMILES string of the molecule is Cn1cc[n+](C)c1PI. The third-order valence-corrected chi connectivity index (χ3v) is 3.59. The third-order valence-electron chi connectivity index (χ3n) is 1.27. The molecule has 0 radical (unpaired) electrons. The molecule has 1 atom stereocenters. The van der Waals surface area contributed by atoms with Gasteiger partial charge in [-0.3, -0.25) is 0 Å². The summed E-state index contributed by atoms with van der Waals surface area (Å²) >= 11 is 2.39. The van der Waals surface area contributed by atoms with E-state index < -0.39 is 0 Å². The van der Waals surface area contributed by atoms with Crippen molar-refractivity contribution in [3.05, 3.63) is 12.4 Å². The van der Waals surface area contributed by atoms with Gasteiger partial charge in [-0.2, -0.15) is 0 Å². The second kappa shape index (κ2) is 2.97. The van der Waals surface area contributed by atoms with E-state index in [1.165, 1.54) is 5.57 Å². The molecule has 0 bridgehead atoms. The summed E-state index contributed by atoms with van der Waals surface area (Å²) in [6.45, 7) is 0. The largest absolute Gasteiger partial charge is 0.283 e. The van der Waals surface area contributed by atoms with Gasteiger partial charge in [0.25, 0.3) is 5.57 Å². The number of imidazole rings is 1. The van der Waals surface area contributed by atoms with Crippen LogP contribution in [0.4, 0.5) is 0 Å². The van der Waals surface area contributed by atoms with E-state index in [0.717, 1.165) is 6.22 Å². The summed E-state index contributed by atoms with van der Waals surface area (Å²) in [4.78, 5) is 0. The zero-order chi connectivity index (χ0) is 6.85. The lowest BCUT2D eigenvalue weighted by molar-refractivity contribution is -0.652. The molecule has 0 fully saturated rings. The van der Waals surface area contributed by atoms with Crippen molar-refractivity contribution in [2.24, 2.45) is 14.1 Å². The van der Waals surface area contributed by atoms with Crippen molar-refractivity contribution >= 4 is 33.8 Å². The van der Waals surface area contributed by atoms with E-state index in [4.69, 9.17) is 0 Å². The minimum absolute atomic E-state index is 0.848. The standard InChI is InChI=1S/C5H9IN2P/c1-7-3-4-8(2)5(7)9-6/h3-4,9H,1-2H3/q+1. The van der Waals surface area contributed by atoms with E-state index in [9.17, 15) is 0 Å². The molecule has 1 rings (SSSR count). The van der Waals surface area contributed by atoms with Gasteiger partial charge in [0.05, 0.1) is 20.3 Å². The molecule has 0 spiro atoms. The van der Waals surface area contributed by atoms with Crippen LogP contribution in [0.2, 0.25) is 0 Å². The third kappa shape index (κ3) is 1.44. The first-order valence-corrected chi connectivity index (χ1v) is 6.74. The molecule has 0 aliphatic rings. The fourth-order valence-electron chi connectivity index (χ4n) is 0.723. The van der Waals surface area contributed by atoms with Gasteiger partial charge >= 0.3 is 0 Å². The predicted octanol–water partition coefficient (Wildman–Crippen LogP) is 0.503. The highest BCUT2D eigenvalue weighted by atomic mass is 127. The van der Waals surface area contributed by atoms with Crippen molar-refractivity contribution in [2.45, 2.75) is 0 Å². The first-order chi connectivity index (χ1) is 4.25. The van der Waals surface area contributed by atoms with Crippen molar-refractivity contribution < 1.29 is 4.57 Å². The summed E-state index contributed by atoms with van der Waals surface area (Å²) in [6, 6.07) is 0. The second-order valence-corrected chi connectivity index (χ2v) is 4.19. The topological polar surface area (TPSA) is 8.81 Å². The normalized spacial score (nSPS) is 11.4. The van der Waals surface area contributed by atoms with Gasteiger partial charge in [0.15, 0.2) is 0 Å². The molecule has 4 heteroatoms. The van der Waals surface area contributed by atoms with Crippen LogP contribution < -0.4 is 10.1 Å². The van der Waals surface area contributed by atoms with Gasteiger partial charge in [0.1, 0.15) is 12.4 Å². The number of aromatic nitrogens is 2. The lowest BCUT2D eigenvalue weighted by atomic mass is 10.9. The molecule has 1 aromatic heterocycles. The lowest BCUT2D eigenvalue weighted by Gasteiger charge is -1.89. The van der Waals surface area contributed by atoms with Gasteiger partial charge in [0, 0.05) is 0 Å². The average Bonchev–Trinajstić information content (AvgIpc) is 2.12. The molecule has 0 saturated heterocycles. The Bertz CT molecular complexity index is 189. The highest BCUT2D eigenvalue weighted by Gasteiger charge is 2.07. The molecule has 0 aromatic carbocycles. The van der Waals surface area contributed by atoms with E-state index in [1.54, 1.807) is 0 Å². The van der Waals surface area contributed by atoms with Crippen molar-refractivity contribution in [3.63, 3.8) is 0 Å². The van der Waals surface area contributed by atoms with E-state index in [2.05, 4.69) is 57.7 Å². The fourth-order valence-corrected chi connectivity index (χ4v) is 3.42. The summed E-state index contributed by atoms with van der Waals surface area (Å²) in [5.41, 5.74) is 1.37. The lowest BCUT2D eigenvalue weighted by Crippen LogP contribution is -2.41. The molecule has 0 aliphatic heterocycles. The zero-order valence-corrected chi connectivity index (χ0v) is 8.58. The van der Waals surface area contributed by atoms with Crippen molar-refractivity contribution in [1.29, 1.82) is 0 Å². The minimum atomic E-state index is 0.848. The first-order valence-electron chi connectivity index (χ1n) is 2.63. The molecule has 0 amide bonds. The Morgan fingerprint density at radius 3 is 2.67 bits per heavy atom. The molecule has 50 valence electrons. The number of hydrogen-bond acceptors (Lipinski definition) is 0. The quantitative estimate of drug-likeness (QED) is 0.392. The molecular weight excluding hydrogens is 246 g/mol. The van der Waals surface area contributed by atoms with Crippen molar-refractivity contribution in [2.75, 3.05) is 0 Å². The number of hydrogen-bond donors (Lipinski definition) is 0. The van der Waals surface area contributed by atoms with Crippen LogP contribution in [0.25, 0.3) is 0 Å². The Balaban J connectivity index is 3.07. The molecule has 0 N–H and O–H groups in total. The Morgan fingerprint density at radius 1 is 1.78 bits per heavy atom. The molecule has 1 aromatic rings. The molecule has 9 heavy (non-hydrogen) atoms. The van der Waals surface area contributed by atoms with Gasteiger partial charge in [0.2, 0.25) is 0 Å². The van der Waals surface area contributed by atoms with Gasteiger partial charge in [-0.1, -0.05) is 0 Å². The molecule has 0 aliphatic carbocycles. The highest BCUT2D eigenvalue weighted by molar-refractivity contribution is 14.2. The number of rotatable bonds is 1. The van der Waals surface area contributed by atoms with Crippen LogP contribution in [0.15, 0.2) is 12.4 Å². The summed E-state index contributed by atoms with van der Waals surface area (Å²) in [7, 11) is 4.14. The summed E-state index contributed by atoms with van der Waals surface area (Å²) in [5.74, 6) is 0. The molecule has 1 heterocycles. The maximum absolute atomic E-state index is 2.39. The van der Waals surface area contributed by atoms with Crippen LogP contribution in [0.5, 0.6) is 0 Å². The van der Waals surface area contributed by atoms with Crippen LogP contribution in [0.3, 0.4) is 0 Å². The summed E-state index contributed by atoms with van der Waals surface area (Å²) in [6.07, 6.45) is 4.99. The van der Waals surface area contributed by atoms with E-state index in [1.807, 2.05) is 0 Å². The van der Waals surface area contributed by atoms with Crippen LogP contribution in [0, 0.1) is 0 Å². The van der Waals surface area contributed by atoms with Gasteiger partial charge in [-0.25, -0.2) is 9.13 Å². The Hall–Kier alpha value is 0.370. The van der Waals surface area contributed by atoms with Crippen molar-refractivity contribution in [1.82, 2.24) is 4.57 Å². The van der Waals surface area contributed by atoms with E-state index in [-0.39, 0.29) is 0 Å².